The summed E-state index contributed by atoms with van der Waals surface area (Å²) in [6.45, 7) is 4.00. The number of nitrogens with zero attached hydrogens (tertiary/aromatic N) is 3. The van der Waals surface area contributed by atoms with Crippen molar-refractivity contribution < 1.29 is 38.4 Å². The highest BCUT2D eigenvalue weighted by atomic mass is 32.2. The summed E-state index contributed by atoms with van der Waals surface area (Å²) >= 11 is 1.21. The fourth-order valence-electron chi connectivity index (χ4n) is 4.30. The molecule has 2 aromatic carbocycles. The van der Waals surface area contributed by atoms with Crippen molar-refractivity contribution in [3.63, 3.8) is 0 Å². The van der Waals surface area contributed by atoms with E-state index in [1.54, 1.807) is 43.5 Å². The first-order chi connectivity index (χ1) is 20.2. The zero-order valence-electron chi connectivity index (χ0n) is 24.0. The molecule has 1 aliphatic heterocycles. The first kappa shape index (κ1) is 30.7. The van der Waals surface area contributed by atoms with Crippen LogP contribution in [0.5, 0.6) is 23.0 Å². The van der Waals surface area contributed by atoms with E-state index >= 15 is 0 Å². The highest BCUT2D eigenvalue weighted by molar-refractivity contribution is 8.15. The number of ketones is 1. The second-order valence-corrected chi connectivity index (χ2v) is 10.7. The van der Waals surface area contributed by atoms with Crippen molar-refractivity contribution in [1.29, 1.82) is 0 Å². The Kier molecular flexibility index (Phi) is 10.3. The third kappa shape index (κ3) is 7.31. The van der Waals surface area contributed by atoms with Gasteiger partial charge in [-0.15, -0.1) is 5.10 Å². The van der Waals surface area contributed by atoms with Crippen LogP contribution in [0.15, 0.2) is 60.0 Å². The van der Waals surface area contributed by atoms with Gasteiger partial charge in [0, 0.05) is 5.57 Å². The second kappa shape index (κ2) is 14.1. The molecule has 2 heterocycles. The maximum Gasteiger partial charge on any atom is 0.219 e. The number of carbonyl (C=O) groups excluding carboxylic acids is 2. The summed E-state index contributed by atoms with van der Waals surface area (Å²) in [5, 5.41) is 18.5. The molecule has 0 saturated heterocycles. The Morgan fingerprint density at radius 1 is 1.12 bits per heavy atom. The monoisotopic (exact) mass is 595 g/mol. The van der Waals surface area contributed by atoms with Crippen LogP contribution in [0.4, 0.5) is 0 Å². The van der Waals surface area contributed by atoms with Crippen LogP contribution in [0.25, 0.3) is 6.08 Å². The smallest absolute Gasteiger partial charge is 0.219 e. The van der Waals surface area contributed by atoms with Crippen LogP contribution in [-0.4, -0.2) is 70.3 Å². The fourth-order valence-corrected chi connectivity index (χ4v) is 5.25. The van der Waals surface area contributed by atoms with Gasteiger partial charge in [-0.25, -0.2) is 4.68 Å². The fraction of sp³-hybridized carbons (Fsp3) is 0.333. The molecule has 3 aromatic rings. The molecule has 0 aliphatic carbocycles. The van der Waals surface area contributed by atoms with Crippen molar-refractivity contribution in [2.45, 2.75) is 38.4 Å². The molecule has 0 amide bonds. The summed E-state index contributed by atoms with van der Waals surface area (Å²) in [5.74, 6) is 2.03. The molecule has 0 bridgehead atoms. The minimum absolute atomic E-state index is 0.00164. The van der Waals surface area contributed by atoms with E-state index in [1.165, 1.54) is 43.8 Å². The van der Waals surface area contributed by atoms with Crippen molar-refractivity contribution in [3.8, 4) is 23.0 Å². The molecular weight excluding hydrogens is 562 g/mol. The summed E-state index contributed by atoms with van der Waals surface area (Å²) in [5.41, 5.74) is 2.26. The molecule has 4 rings (SSSR count). The molecule has 1 aliphatic rings. The third-order valence-corrected chi connectivity index (χ3v) is 7.47. The predicted octanol–water partition coefficient (Wildman–Crippen LogP) is 4.09. The van der Waals surface area contributed by atoms with Crippen LogP contribution >= 0.6 is 11.8 Å². The molecule has 12 heteroatoms. The number of aromatic nitrogens is 3. The summed E-state index contributed by atoms with van der Waals surface area (Å²) in [4.78, 5) is 24.7. The summed E-state index contributed by atoms with van der Waals surface area (Å²) in [7, 11) is 4.46. The number of aliphatic hydroxyl groups is 1. The summed E-state index contributed by atoms with van der Waals surface area (Å²) in [6, 6.07) is 10.5. The Labute approximate surface area is 248 Å². The van der Waals surface area contributed by atoms with E-state index in [-0.39, 0.29) is 35.9 Å². The zero-order chi connectivity index (χ0) is 30.2. The molecular formula is C30H33N3O8S. The van der Waals surface area contributed by atoms with Crippen molar-refractivity contribution in [2.75, 3.05) is 27.9 Å². The quantitative estimate of drug-likeness (QED) is 0.214. The topological polar surface area (TPSA) is 131 Å². The van der Waals surface area contributed by atoms with Gasteiger partial charge in [0.15, 0.2) is 17.3 Å². The van der Waals surface area contributed by atoms with Crippen LogP contribution in [0.1, 0.15) is 35.5 Å². The Morgan fingerprint density at radius 2 is 1.90 bits per heavy atom. The molecule has 0 radical (unpaired) electrons. The highest BCUT2D eigenvalue weighted by Gasteiger charge is 2.29. The highest BCUT2D eigenvalue weighted by Crippen LogP contribution is 2.40. The number of aliphatic hydroxyl groups excluding tert-OH is 1. The van der Waals surface area contributed by atoms with E-state index in [0.717, 1.165) is 5.56 Å². The van der Waals surface area contributed by atoms with Crippen LogP contribution in [0, 0.1) is 0 Å². The van der Waals surface area contributed by atoms with Crippen LogP contribution in [-0.2, 0) is 22.7 Å². The van der Waals surface area contributed by atoms with E-state index < -0.39 is 6.10 Å². The molecule has 0 saturated carbocycles. The maximum atomic E-state index is 12.9. The Morgan fingerprint density at radius 3 is 2.60 bits per heavy atom. The first-order valence-corrected chi connectivity index (χ1v) is 14.0. The zero-order valence-corrected chi connectivity index (χ0v) is 24.8. The van der Waals surface area contributed by atoms with Gasteiger partial charge in [0.1, 0.15) is 36.5 Å². The van der Waals surface area contributed by atoms with Gasteiger partial charge in [0.2, 0.25) is 10.9 Å². The van der Waals surface area contributed by atoms with Gasteiger partial charge in [-0.1, -0.05) is 35.2 Å². The molecule has 11 nitrogen and oxygen atoms in total. The number of methoxy groups -OCH3 is 3. The molecule has 0 spiro atoms. The van der Waals surface area contributed by atoms with E-state index in [9.17, 15) is 14.7 Å². The van der Waals surface area contributed by atoms with Gasteiger partial charge in [0.25, 0.3) is 0 Å². The van der Waals surface area contributed by atoms with Gasteiger partial charge in [-0.3, -0.25) is 9.59 Å². The van der Waals surface area contributed by atoms with Gasteiger partial charge < -0.3 is 28.8 Å². The van der Waals surface area contributed by atoms with Gasteiger partial charge >= 0.3 is 0 Å². The van der Waals surface area contributed by atoms with E-state index in [2.05, 4.69) is 10.3 Å². The molecule has 1 aromatic heterocycles. The van der Waals surface area contributed by atoms with Crippen molar-refractivity contribution in [3.05, 3.63) is 76.8 Å². The Bertz CT molecular complexity index is 1500. The second-order valence-electron chi connectivity index (χ2n) is 9.37. The minimum atomic E-state index is -0.834. The van der Waals surface area contributed by atoms with E-state index in [0.29, 0.717) is 45.6 Å². The number of rotatable bonds is 14. The standard InChI is InChI=1S/C30H33N3O8S/c1-18-27(19(2)42-30(18)36)41-17-22(34)15-33-14-21(31-32-33)16-40-23-8-6-7-20(13-23)9-11-25(35)24-10-12-26(37-3)29(39-5)28(24)38-4/h6-14,19,22,34H,15-17H2,1-5H3/b11-9+. The maximum absolute atomic E-state index is 12.9. The number of allylic oxidation sites excluding steroid dienone is 1. The summed E-state index contributed by atoms with van der Waals surface area (Å²) in [6.07, 6.45) is 3.98. The lowest BCUT2D eigenvalue weighted by Crippen LogP contribution is -2.23. The number of thioether (sulfide) groups is 1. The predicted molar refractivity (Wildman–Crippen MR) is 157 cm³/mol. The largest absolute Gasteiger partial charge is 0.494 e. The molecule has 1 N–H and O–H groups in total. The lowest BCUT2D eigenvalue weighted by Gasteiger charge is -2.15. The molecule has 2 atom stereocenters. The number of benzene rings is 2. The summed E-state index contributed by atoms with van der Waals surface area (Å²) < 4.78 is 29.2. The molecule has 2 unspecified atom stereocenters. The van der Waals surface area contributed by atoms with Gasteiger partial charge in [-0.2, -0.15) is 0 Å². The molecule has 0 fully saturated rings. The molecule has 42 heavy (non-hydrogen) atoms. The van der Waals surface area contributed by atoms with Crippen LogP contribution < -0.4 is 18.9 Å². The Balaban J connectivity index is 1.31. The van der Waals surface area contributed by atoms with Crippen LogP contribution in [0.2, 0.25) is 0 Å². The number of carbonyl (C=O) groups is 2. The van der Waals surface area contributed by atoms with Crippen molar-refractivity contribution >= 4 is 28.7 Å². The average Bonchev–Trinajstić information content (AvgIpc) is 3.54. The number of hydrogen-bond acceptors (Lipinski definition) is 11. The Hall–Kier alpha value is -4.29. The number of hydrogen-bond donors (Lipinski definition) is 1. The van der Waals surface area contributed by atoms with E-state index in [1.807, 2.05) is 19.1 Å². The average molecular weight is 596 g/mol. The third-order valence-electron chi connectivity index (χ3n) is 6.39. The minimum Gasteiger partial charge on any atom is -0.494 e. The van der Waals surface area contributed by atoms with Crippen molar-refractivity contribution in [1.82, 2.24) is 15.0 Å². The van der Waals surface area contributed by atoms with E-state index in [4.69, 9.17) is 23.7 Å². The lowest BCUT2D eigenvalue weighted by atomic mass is 10.1. The lowest BCUT2D eigenvalue weighted by molar-refractivity contribution is -0.107. The van der Waals surface area contributed by atoms with Gasteiger partial charge in [0.05, 0.1) is 44.9 Å². The van der Waals surface area contributed by atoms with Crippen molar-refractivity contribution in [2.24, 2.45) is 0 Å². The van der Waals surface area contributed by atoms with Gasteiger partial charge in [-0.05, 0) is 49.8 Å². The number of ether oxygens (including phenoxy) is 5. The normalized spacial score (nSPS) is 15.7. The van der Waals surface area contributed by atoms with Crippen LogP contribution in [0.3, 0.4) is 0 Å². The first-order valence-electron chi connectivity index (χ1n) is 13.1. The SMILES string of the molecule is COc1ccc(C(=O)/C=C/c2cccc(OCc3cn(CC(O)COC4=C(C)C(=O)SC4C)nn3)c2)c(OC)c1OC. The molecule has 222 valence electrons.